The van der Waals surface area contributed by atoms with Crippen LogP contribution >= 0.6 is 0 Å². The molecule has 2 heterocycles. The van der Waals surface area contributed by atoms with E-state index in [1.54, 1.807) is 0 Å². The number of nitrogens with zero attached hydrogens (tertiary/aromatic N) is 2. The monoisotopic (exact) mass is 229 g/mol. The molecule has 1 aromatic heterocycles. The summed E-state index contributed by atoms with van der Waals surface area (Å²) in [5.74, 6) is 1.35. The van der Waals surface area contributed by atoms with Crippen LogP contribution in [0.5, 0.6) is 0 Å². The van der Waals surface area contributed by atoms with Crippen molar-refractivity contribution in [2.24, 2.45) is 0 Å². The lowest BCUT2D eigenvalue weighted by Gasteiger charge is -2.18. The Labute approximate surface area is 100 Å². The number of aromatic nitrogens is 2. The maximum atomic E-state index is 5.38. The van der Waals surface area contributed by atoms with Crippen LogP contribution in [0.25, 0.3) is 11.4 Å². The highest BCUT2D eigenvalue weighted by molar-refractivity contribution is 5.53. The fourth-order valence-electron chi connectivity index (χ4n) is 2.23. The third-order valence-corrected chi connectivity index (χ3v) is 3.30. The van der Waals surface area contributed by atoms with Crippen molar-refractivity contribution in [3.8, 4) is 11.4 Å². The van der Waals surface area contributed by atoms with Crippen LogP contribution in [0, 0.1) is 0 Å². The van der Waals surface area contributed by atoms with Gasteiger partial charge in [-0.3, -0.25) is 0 Å². The minimum Gasteiger partial charge on any atom is -0.337 e. The molecule has 3 rings (SSSR count). The van der Waals surface area contributed by atoms with Crippen molar-refractivity contribution in [2.45, 2.75) is 25.3 Å². The number of hydrogen-bond acceptors (Lipinski definition) is 4. The Morgan fingerprint density at radius 2 is 2.12 bits per heavy atom. The van der Waals surface area contributed by atoms with Gasteiger partial charge in [0.1, 0.15) is 0 Å². The molecule has 1 unspecified atom stereocenters. The molecular formula is C13H15N3O. The van der Waals surface area contributed by atoms with E-state index in [0.717, 1.165) is 24.9 Å². The van der Waals surface area contributed by atoms with Crippen molar-refractivity contribution in [1.29, 1.82) is 0 Å². The largest absolute Gasteiger partial charge is 0.337 e. The summed E-state index contributed by atoms with van der Waals surface area (Å²) >= 11 is 0. The normalized spacial score (nSPS) is 24.1. The second kappa shape index (κ2) is 3.96. The van der Waals surface area contributed by atoms with Gasteiger partial charge in [-0.05, 0) is 26.3 Å². The van der Waals surface area contributed by atoms with Crippen LogP contribution in [0.15, 0.2) is 34.9 Å². The Bertz CT molecular complexity index is 500. The predicted molar refractivity (Wildman–Crippen MR) is 64.3 cm³/mol. The Morgan fingerprint density at radius 1 is 1.29 bits per heavy atom. The first-order chi connectivity index (χ1) is 8.28. The van der Waals surface area contributed by atoms with E-state index in [4.69, 9.17) is 4.52 Å². The molecule has 0 radical (unpaired) electrons. The lowest BCUT2D eigenvalue weighted by atomic mass is 10.0. The second-order valence-corrected chi connectivity index (χ2v) is 4.65. The second-order valence-electron chi connectivity index (χ2n) is 4.65. The number of nitrogens with one attached hydrogen (secondary N) is 1. The molecule has 1 aliphatic heterocycles. The van der Waals surface area contributed by atoms with Crippen LogP contribution in [0.3, 0.4) is 0 Å². The fraction of sp³-hybridized carbons (Fsp3) is 0.385. The van der Waals surface area contributed by atoms with Gasteiger partial charge in [0.25, 0.3) is 0 Å². The molecule has 1 fully saturated rings. The molecule has 17 heavy (non-hydrogen) atoms. The Kier molecular flexibility index (Phi) is 2.44. The van der Waals surface area contributed by atoms with Crippen LogP contribution in [0.1, 0.15) is 25.7 Å². The van der Waals surface area contributed by atoms with Gasteiger partial charge in [-0.1, -0.05) is 35.5 Å². The van der Waals surface area contributed by atoms with Gasteiger partial charge in [-0.2, -0.15) is 4.98 Å². The van der Waals surface area contributed by atoms with Crippen LogP contribution in [0.4, 0.5) is 0 Å². The minimum absolute atomic E-state index is 0.153. The van der Waals surface area contributed by atoms with Crippen molar-refractivity contribution < 1.29 is 4.52 Å². The molecule has 0 amide bonds. The summed E-state index contributed by atoms with van der Waals surface area (Å²) in [5.41, 5.74) is 0.837. The predicted octanol–water partition coefficient (Wildman–Crippen LogP) is 2.34. The number of benzene rings is 1. The maximum absolute atomic E-state index is 5.38. The molecule has 1 aliphatic rings. The molecule has 1 atom stereocenters. The number of hydrogen-bond donors (Lipinski definition) is 1. The van der Waals surface area contributed by atoms with E-state index in [-0.39, 0.29) is 5.54 Å². The van der Waals surface area contributed by atoms with E-state index in [9.17, 15) is 0 Å². The molecule has 1 aromatic carbocycles. The summed E-state index contributed by atoms with van der Waals surface area (Å²) in [5, 5.41) is 7.47. The lowest BCUT2D eigenvalue weighted by Crippen LogP contribution is -2.33. The van der Waals surface area contributed by atoms with Crippen molar-refractivity contribution in [3.63, 3.8) is 0 Å². The Hall–Kier alpha value is -1.68. The van der Waals surface area contributed by atoms with Gasteiger partial charge >= 0.3 is 0 Å². The smallest absolute Gasteiger partial charge is 0.246 e. The molecular weight excluding hydrogens is 214 g/mol. The van der Waals surface area contributed by atoms with Crippen LogP contribution < -0.4 is 5.32 Å². The third kappa shape index (κ3) is 1.85. The molecule has 88 valence electrons. The molecule has 0 bridgehead atoms. The van der Waals surface area contributed by atoms with Gasteiger partial charge in [0.15, 0.2) is 0 Å². The van der Waals surface area contributed by atoms with E-state index in [2.05, 4.69) is 22.4 Å². The summed E-state index contributed by atoms with van der Waals surface area (Å²) < 4.78 is 5.38. The van der Waals surface area contributed by atoms with Gasteiger partial charge in [0, 0.05) is 5.56 Å². The van der Waals surface area contributed by atoms with Crippen molar-refractivity contribution >= 4 is 0 Å². The highest BCUT2D eigenvalue weighted by atomic mass is 16.5. The number of rotatable bonds is 2. The molecule has 4 heteroatoms. The van der Waals surface area contributed by atoms with E-state index < -0.39 is 0 Å². The van der Waals surface area contributed by atoms with E-state index in [0.29, 0.717) is 11.7 Å². The topological polar surface area (TPSA) is 51.0 Å². The third-order valence-electron chi connectivity index (χ3n) is 3.30. The zero-order chi connectivity index (χ0) is 11.7. The molecule has 2 aromatic rings. The summed E-state index contributed by atoms with van der Waals surface area (Å²) in [6.45, 7) is 3.13. The summed E-state index contributed by atoms with van der Waals surface area (Å²) in [7, 11) is 0. The first-order valence-corrected chi connectivity index (χ1v) is 5.93. The SMILES string of the molecule is CC1(c2nc(-c3ccccc3)no2)CCCN1. The molecule has 0 saturated carbocycles. The van der Waals surface area contributed by atoms with Gasteiger partial charge in [0.05, 0.1) is 5.54 Å². The first-order valence-electron chi connectivity index (χ1n) is 5.93. The Balaban J connectivity index is 1.93. The van der Waals surface area contributed by atoms with Crippen molar-refractivity contribution in [3.05, 3.63) is 36.2 Å². The maximum Gasteiger partial charge on any atom is 0.246 e. The Morgan fingerprint density at radius 3 is 2.82 bits per heavy atom. The first kappa shape index (κ1) is 10.5. The van der Waals surface area contributed by atoms with E-state index in [1.165, 1.54) is 0 Å². The minimum atomic E-state index is -0.153. The summed E-state index contributed by atoms with van der Waals surface area (Å²) in [4.78, 5) is 4.49. The average molecular weight is 229 g/mol. The zero-order valence-corrected chi connectivity index (χ0v) is 9.81. The molecule has 1 saturated heterocycles. The van der Waals surface area contributed by atoms with Crippen LogP contribution in [-0.2, 0) is 5.54 Å². The summed E-state index contributed by atoms with van der Waals surface area (Å²) in [6, 6.07) is 9.89. The van der Waals surface area contributed by atoms with Gasteiger partial charge in [0.2, 0.25) is 11.7 Å². The quantitative estimate of drug-likeness (QED) is 0.858. The van der Waals surface area contributed by atoms with E-state index in [1.807, 2.05) is 30.3 Å². The highest BCUT2D eigenvalue weighted by Crippen LogP contribution is 2.30. The lowest BCUT2D eigenvalue weighted by molar-refractivity contribution is 0.275. The van der Waals surface area contributed by atoms with Crippen LogP contribution in [0.2, 0.25) is 0 Å². The molecule has 4 nitrogen and oxygen atoms in total. The van der Waals surface area contributed by atoms with Gasteiger partial charge < -0.3 is 9.84 Å². The standard InChI is InChI=1S/C13H15N3O/c1-13(8-5-9-14-13)12-15-11(16-17-12)10-6-3-2-4-7-10/h2-4,6-7,14H,5,8-9H2,1H3. The zero-order valence-electron chi connectivity index (χ0n) is 9.81. The molecule has 1 N–H and O–H groups in total. The van der Waals surface area contributed by atoms with Crippen molar-refractivity contribution in [1.82, 2.24) is 15.5 Å². The fourth-order valence-corrected chi connectivity index (χ4v) is 2.23. The van der Waals surface area contributed by atoms with E-state index >= 15 is 0 Å². The van der Waals surface area contributed by atoms with Gasteiger partial charge in [-0.25, -0.2) is 0 Å². The summed E-state index contributed by atoms with van der Waals surface area (Å²) in [6.07, 6.45) is 2.20. The van der Waals surface area contributed by atoms with Crippen LogP contribution in [-0.4, -0.2) is 16.7 Å². The molecule has 0 spiro atoms. The average Bonchev–Trinajstić information content (AvgIpc) is 2.99. The van der Waals surface area contributed by atoms with Gasteiger partial charge in [-0.15, -0.1) is 0 Å². The highest BCUT2D eigenvalue weighted by Gasteiger charge is 2.35. The van der Waals surface area contributed by atoms with Crippen molar-refractivity contribution in [2.75, 3.05) is 6.54 Å². The molecule has 0 aliphatic carbocycles.